The number of aryl methyl sites for hydroxylation is 2. The Morgan fingerprint density at radius 1 is 0.341 bits per heavy atom. The highest BCUT2D eigenvalue weighted by Crippen LogP contribution is 2.36. The molecule has 0 radical (unpaired) electrons. The Bertz CT molecular complexity index is 1630. The van der Waals surface area contributed by atoms with Gasteiger partial charge in [0.25, 0.3) is 0 Å². The third-order valence-corrected chi connectivity index (χ3v) is 8.01. The first-order valence-corrected chi connectivity index (χ1v) is 15.5. The van der Waals surface area contributed by atoms with Crippen LogP contribution in [0.5, 0.6) is 0 Å². The van der Waals surface area contributed by atoms with E-state index in [0.29, 0.717) is 0 Å². The van der Waals surface area contributed by atoms with E-state index in [9.17, 15) is 0 Å². The quantitative estimate of drug-likeness (QED) is 0.151. The second-order valence-electron chi connectivity index (χ2n) is 10.9. The van der Waals surface area contributed by atoms with Gasteiger partial charge in [-0.3, -0.25) is 0 Å². The predicted molar refractivity (Wildman–Crippen MR) is 190 cm³/mol. The van der Waals surface area contributed by atoms with Crippen molar-refractivity contribution in [2.24, 2.45) is 0 Å². The van der Waals surface area contributed by atoms with Gasteiger partial charge in [-0.25, -0.2) is 0 Å². The Balaban J connectivity index is 1.22. The molecular formula is C42H38N2. The summed E-state index contributed by atoms with van der Waals surface area (Å²) in [4.78, 5) is 4.61. The Hall–Kier alpha value is -5.34. The molecule has 0 amide bonds. The van der Waals surface area contributed by atoms with Gasteiger partial charge in [0, 0.05) is 34.1 Å². The van der Waals surface area contributed by atoms with E-state index in [2.05, 4.69) is 194 Å². The maximum Gasteiger partial charge on any atom is 0.0462 e. The van der Waals surface area contributed by atoms with Crippen LogP contribution >= 0.6 is 0 Å². The summed E-state index contributed by atoms with van der Waals surface area (Å²) >= 11 is 0. The lowest BCUT2D eigenvalue weighted by Crippen LogP contribution is -2.09. The van der Waals surface area contributed by atoms with Gasteiger partial charge in [-0.2, -0.15) is 0 Å². The van der Waals surface area contributed by atoms with Crippen LogP contribution in [0.3, 0.4) is 0 Å². The van der Waals surface area contributed by atoms with Crippen molar-refractivity contribution >= 4 is 46.3 Å². The topological polar surface area (TPSA) is 6.48 Å². The summed E-state index contributed by atoms with van der Waals surface area (Å²) < 4.78 is 0. The van der Waals surface area contributed by atoms with Crippen molar-refractivity contribution in [1.29, 1.82) is 0 Å². The number of rotatable bonds is 10. The average molecular weight is 571 g/mol. The van der Waals surface area contributed by atoms with Crippen molar-refractivity contribution in [3.8, 4) is 0 Å². The summed E-state index contributed by atoms with van der Waals surface area (Å²) in [6, 6.07) is 56.4. The molecule has 0 saturated carbocycles. The van der Waals surface area contributed by atoms with Gasteiger partial charge in [0.2, 0.25) is 0 Å². The van der Waals surface area contributed by atoms with E-state index < -0.39 is 0 Å². The highest BCUT2D eigenvalue weighted by molar-refractivity contribution is 5.80. The molecule has 0 bridgehead atoms. The second-order valence-corrected chi connectivity index (χ2v) is 10.9. The Morgan fingerprint density at radius 3 is 0.909 bits per heavy atom. The van der Waals surface area contributed by atoms with Crippen molar-refractivity contribution in [3.63, 3.8) is 0 Å². The van der Waals surface area contributed by atoms with Crippen LogP contribution < -0.4 is 9.80 Å². The molecule has 44 heavy (non-hydrogen) atoms. The van der Waals surface area contributed by atoms with Gasteiger partial charge >= 0.3 is 0 Å². The van der Waals surface area contributed by atoms with Crippen molar-refractivity contribution < 1.29 is 0 Å². The molecule has 6 rings (SSSR count). The van der Waals surface area contributed by atoms with E-state index in [1.807, 2.05) is 0 Å². The van der Waals surface area contributed by atoms with Crippen LogP contribution in [0.4, 0.5) is 34.1 Å². The first-order chi connectivity index (χ1) is 21.7. The zero-order chi connectivity index (χ0) is 30.1. The van der Waals surface area contributed by atoms with E-state index in [1.165, 1.54) is 11.1 Å². The van der Waals surface area contributed by atoms with Crippen molar-refractivity contribution in [1.82, 2.24) is 0 Å². The summed E-state index contributed by atoms with van der Waals surface area (Å²) in [5.74, 6) is 0. The maximum atomic E-state index is 2.31. The van der Waals surface area contributed by atoms with Crippen LogP contribution in [0, 0.1) is 0 Å². The maximum absolute atomic E-state index is 2.31. The summed E-state index contributed by atoms with van der Waals surface area (Å²) in [5.41, 5.74) is 11.9. The Kier molecular flexibility index (Phi) is 8.99. The lowest BCUT2D eigenvalue weighted by molar-refractivity contribution is 1.14. The van der Waals surface area contributed by atoms with Gasteiger partial charge in [0.1, 0.15) is 0 Å². The molecule has 0 aliphatic rings. The smallest absolute Gasteiger partial charge is 0.0462 e. The summed E-state index contributed by atoms with van der Waals surface area (Å²) in [6.45, 7) is 4.38. The fraction of sp³-hybridized carbons (Fsp3) is 0.0952. The van der Waals surface area contributed by atoms with Crippen molar-refractivity contribution in [3.05, 3.63) is 180 Å². The molecule has 0 aliphatic carbocycles. The van der Waals surface area contributed by atoms with Crippen LogP contribution in [0.2, 0.25) is 0 Å². The predicted octanol–water partition coefficient (Wildman–Crippen LogP) is 11.9. The largest absolute Gasteiger partial charge is 0.311 e. The number of benzene rings is 6. The van der Waals surface area contributed by atoms with Gasteiger partial charge in [-0.15, -0.1) is 0 Å². The van der Waals surface area contributed by atoms with E-state index in [0.717, 1.165) is 58.1 Å². The number of hydrogen-bond donors (Lipinski definition) is 0. The summed E-state index contributed by atoms with van der Waals surface area (Å²) in [7, 11) is 0. The standard InChI is InChI=1S/C42H38N2/c1-3-33-17-25-39(26-18-33)43(37-11-7-5-8-12-37)41-29-21-35(22-30-41)15-16-36-23-31-42(32-24-36)44(38-13-9-6-10-14-38)40-27-19-34(4-2)20-28-40/h5-32H,3-4H2,1-2H3/b16-15+. The van der Waals surface area contributed by atoms with Gasteiger partial charge in [0.05, 0.1) is 0 Å². The molecule has 2 nitrogen and oxygen atoms in total. The SMILES string of the molecule is CCc1ccc(N(c2ccccc2)c2ccc(/C=C/c3ccc(N(c4ccccc4)c4ccc(CC)cc4)cc3)cc2)cc1. The minimum Gasteiger partial charge on any atom is -0.311 e. The molecule has 0 saturated heterocycles. The number of para-hydroxylation sites is 2. The Labute approximate surface area is 262 Å². The van der Waals surface area contributed by atoms with Gasteiger partial charge in [0.15, 0.2) is 0 Å². The zero-order valence-corrected chi connectivity index (χ0v) is 25.5. The van der Waals surface area contributed by atoms with Gasteiger partial charge < -0.3 is 9.80 Å². The van der Waals surface area contributed by atoms with Gasteiger partial charge in [-0.05, 0) is 108 Å². The molecule has 0 fully saturated rings. The van der Waals surface area contributed by atoms with Crippen LogP contribution in [0.1, 0.15) is 36.1 Å². The van der Waals surface area contributed by atoms with Gasteiger partial charge in [-0.1, -0.05) is 111 Å². The van der Waals surface area contributed by atoms with E-state index >= 15 is 0 Å². The molecule has 0 atom stereocenters. The van der Waals surface area contributed by atoms with E-state index in [4.69, 9.17) is 0 Å². The minimum atomic E-state index is 1.04. The number of nitrogens with zero attached hydrogens (tertiary/aromatic N) is 2. The molecule has 6 aromatic carbocycles. The fourth-order valence-corrected chi connectivity index (χ4v) is 5.47. The second kappa shape index (κ2) is 13.8. The lowest BCUT2D eigenvalue weighted by Gasteiger charge is -2.25. The fourth-order valence-electron chi connectivity index (χ4n) is 5.47. The molecular weight excluding hydrogens is 532 g/mol. The van der Waals surface area contributed by atoms with E-state index in [1.54, 1.807) is 0 Å². The summed E-state index contributed by atoms with van der Waals surface area (Å²) in [5, 5.41) is 0. The minimum absolute atomic E-state index is 1.04. The molecule has 0 heterocycles. The first-order valence-electron chi connectivity index (χ1n) is 15.5. The van der Waals surface area contributed by atoms with Crippen LogP contribution in [-0.4, -0.2) is 0 Å². The monoisotopic (exact) mass is 570 g/mol. The van der Waals surface area contributed by atoms with Crippen LogP contribution in [0.25, 0.3) is 12.2 Å². The molecule has 0 unspecified atom stereocenters. The molecule has 0 N–H and O–H groups in total. The number of anilines is 6. The highest BCUT2D eigenvalue weighted by Gasteiger charge is 2.13. The third kappa shape index (κ3) is 6.66. The normalized spacial score (nSPS) is 11.0. The van der Waals surface area contributed by atoms with Crippen LogP contribution in [-0.2, 0) is 12.8 Å². The number of hydrogen-bond acceptors (Lipinski definition) is 2. The molecule has 216 valence electrons. The lowest BCUT2D eigenvalue weighted by atomic mass is 10.1. The van der Waals surface area contributed by atoms with Crippen molar-refractivity contribution in [2.45, 2.75) is 26.7 Å². The van der Waals surface area contributed by atoms with E-state index in [-0.39, 0.29) is 0 Å². The molecule has 0 aromatic heterocycles. The first kappa shape index (κ1) is 28.8. The highest BCUT2D eigenvalue weighted by atomic mass is 15.1. The van der Waals surface area contributed by atoms with Crippen LogP contribution in [0.15, 0.2) is 158 Å². The summed E-state index contributed by atoms with van der Waals surface area (Å²) in [6.07, 6.45) is 6.43. The molecule has 2 heteroatoms. The molecule has 0 aliphatic heterocycles. The average Bonchev–Trinajstić information content (AvgIpc) is 3.10. The zero-order valence-electron chi connectivity index (χ0n) is 25.5. The van der Waals surface area contributed by atoms with Crippen molar-refractivity contribution in [2.75, 3.05) is 9.80 Å². The molecule has 0 spiro atoms. The third-order valence-electron chi connectivity index (χ3n) is 8.01. The Morgan fingerprint density at radius 2 is 0.614 bits per heavy atom. The molecule has 6 aromatic rings.